The van der Waals surface area contributed by atoms with E-state index in [9.17, 15) is 24.6 Å². The number of carbonyl (C=O) groups is 2. The Morgan fingerprint density at radius 2 is 1.97 bits per heavy atom. The number of amides is 1. The van der Waals surface area contributed by atoms with Crippen LogP contribution in [0.25, 0.3) is 11.0 Å². The highest BCUT2D eigenvalue weighted by Crippen LogP contribution is 2.26. The SMILES string of the molecule is O=C(CCCCN(CCc1ccc(O)cc1Cl)C(=O)O)c1ccc2c3c1[nH]c(=O)n3CCC2. The molecule has 3 N–H and O–H groups in total. The number of nitrogens with one attached hydrogen (secondary N) is 1. The third-order valence-electron chi connectivity index (χ3n) is 6.18. The van der Waals surface area contributed by atoms with Crippen molar-refractivity contribution < 1.29 is 19.8 Å². The maximum Gasteiger partial charge on any atom is 0.407 e. The fourth-order valence-electron chi connectivity index (χ4n) is 4.44. The Morgan fingerprint density at radius 3 is 2.73 bits per heavy atom. The minimum atomic E-state index is -1.03. The number of aromatic nitrogens is 2. The molecule has 3 aromatic rings. The summed E-state index contributed by atoms with van der Waals surface area (Å²) >= 11 is 6.10. The van der Waals surface area contributed by atoms with E-state index in [0.29, 0.717) is 48.5 Å². The molecule has 9 heteroatoms. The minimum Gasteiger partial charge on any atom is -0.508 e. The van der Waals surface area contributed by atoms with Gasteiger partial charge in [0.25, 0.3) is 0 Å². The van der Waals surface area contributed by atoms with Crippen LogP contribution in [0.3, 0.4) is 0 Å². The second kappa shape index (κ2) is 9.70. The average molecular weight is 472 g/mol. The monoisotopic (exact) mass is 471 g/mol. The zero-order valence-electron chi connectivity index (χ0n) is 18.1. The van der Waals surface area contributed by atoms with Crippen LogP contribution in [-0.4, -0.2) is 49.6 Å². The van der Waals surface area contributed by atoms with Gasteiger partial charge >= 0.3 is 11.8 Å². The van der Waals surface area contributed by atoms with Crippen LogP contribution in [0.1, 0.15) is 47.2 Å². The maximum atomic E-state index is 12.9. The number of halogens is 1. The Bertz CT molecular complexity index is 1260. The predicted molar refractivity (Wildman–Crippen MR) is 125 cm³/mol. The third kappa shape index (κ3) is 4.90. The normalized spacial score (nSPS) is 12.8. The lowest BCUT2D eigenvalue weighted by atomic mass is 9.98. The number of aromatic amines is 1. The second-order valence-electron chi connectivity index (χ2n) is 8.36. The topological polar surface area (TPSA) is 116 Å². The third-order valence-corrected chi connectivity index (χ3v) is 6.53. The van der Waals surface area contributed by atoms with Gasteiger partial charge in [0, 0.05) is 36.6 Å². The lowest BCUT2D eigenvalue weighted by molar-refractivity contribution is 0.0979. The Labute approximate surface area is 195 Å². The summed E-state index contributed by atoms with van der Waals surface area (Å²) in [5.74, 6) is 0.00602. The van der Waals surface area contributed by atoms with Gasteiger partial charge in [-0.2, -0.15) is 0 Å². The molecule has 8 nitrogen and oxygen atoms in total. The molecule has 0 unspecified atom stereocenters. The molecule has 4 rings (SSSR count). The summed E-state index contributed by atoms with van der Waals surface area (Å²) in [6.45, 7) is 1.23. The van der Waals surface area contributed by atoms with Crippen LogP contribution in [-0.2, 0) is 19.4 Å². The highest BCUT2D eigenvalue weighted by Gasteiger charge is 2.21. The Morgan fingerprint density at radius 1 is 1.15 bits per heavy atom. The molecular weight excluding hydrogens is 446 g/mol. The van der Waals surface area contributed by atoms with Gasteiger partial charge in [-0.15, -0.1) is 0 Å². The van der Waals surface area contributed by atoms with Crippen molar-refractivity contribution in [3.8, 4) is 5.75 Å². The second-order valence-corrected chi connectivity index (χ2v) is 8.76. The van der Waals surface area contributed by atoms with Gasteiger partial charge in [-0.1, -0.05) is 23.7 Å². The molecule has 2 aromatic carbocycles. The number of H-pyrrole nitrogens is 1. The first-order valence-electron chi connectivity index (χ1n) is 11.1. The lowest BCUT2D eigenvalue weighted by Gasteiger charge is -2.19. The van der Waals surface area contributed by atoms with Gasteiger partial charge in [-0.05, 0) is 61.4 Å². The molecule has 0 atom stereocenters. The highest BCUT2D eigenvalue weighted by atomic mass is 35.5. The largest absolute Gasteiger partial charge is 0.508 e. The van der Waals surface area contributed by atoms with Crippen LogP contribution in [0.2, 0.25) is 5.02 Å². The summed E-state index contributed by atoms with van der Waals surface area (Å²) in [6, 6.07) is 8.35. The van der Waals surface area contributed by atoms with Crippen LogP contribution in [0.4, 0.5) is 4.79 Å². The summed E-state index contributed by atoms with van der Waals surface area (Å²) in [5.41, 5.74) is 3.62. The molecule has 174 valence electrons. The number of nitrogens with zero attached hydrogens (tertiary/aromatic N) is 2. The Balaban J connectivity index is 1.33. The molecule has 2 heterocycles. The first-order chi connectivity index (χ1) is 15.8. The first-order valence-corrected chi connectivity index (χ1v) is 11.5. The number of carbonyl (C=O) groups excluding carboxylic acids is 1. The van der Waals surface area contributed by atoms with E-state index in [4.69, 9.17) is 11.6 Å². The minimum absolute atomic E-state index is 0.0572. The molecule has 0 radical (unpaired) electrons. The van der Waals surface area contributed by atoms with Crippen molar-refractivity contribution in [1.29, 1.82) is 0 Å². The van der Waals surface area contributed by atoms with Gasteiger partial charge in [-0.25, -0.2) is 9.59 Å². The van der Waals surface area contributed by atoms with E-state index in [2.05, 4.69) is 4.98 Å². The van der Waals surface area contributed by atoms with Gasteiger partial charge in [0.2, 0.25) is 0 Å². The number of imidazole rings is 1. The van der Waals surface area contributed by atoms with Crippen LogP contribution >= 0.6 is 11.6 Å². The number of Topliss-reactive ketones (excluding diaryl/α,β-unsaturated/α-hetero) is 1. The zero-order valence-corrected chi connectivity index (χ0v) is 18.9. The van der Waals surface area contributed by atoms with Crippen molar-refractivity contribution in [3.05, 3.63) is 62.5 Å². The van der Waals surface area contributed by atoms with Gasteiger partial charge in [0.05, 0.1) is 11.0 Å². The van der Waals surface area contributed by atoms with E-state index in [1.165, 1.54) is 17.0 Å². The van der Waals surface area contributed by atoms with Crippen LogP contribution in [0, 0.1) is 0 Å². The summed E-state index contributed by atoms with van der Waals surface area (Å²) < 4.78 is 1.70. The molecule has 1 aromatic heterocycles. The van der Waals surface area contributed by atoms with E-state index in [-0.39, 0.29) is 30.2 Å². The smallest absolute Gasteiger partial charge is 0.407 e. The number of phenolic OH excluding ortho intramolecular Hbond substituents is 1. The number of carboxylic acid groups (broad SMARTS) is 1. The number of phenols is 1. The van der Waals surface area contributed by atoms with Gasteiger partial charge in [-0.3, -0.25) is 9.36 Å². The number of benzene rings is 2. The molecule has 1 aliphatic heterocycles. The molecule has 1 aliphatic rings. The van der Waals surface area contributed by atoms with Crippen molar-refractivity contribution in [1.82, 2.24) is 14.5 Å². The van der Waals surface area contributed by atoms with Crippen molar-refractivity contribution in [2.75, 3.05) is 13.1 Å². The van der Waals surface area contributed by atoms with Crippen molar-refractivity contribution in [2.45, 2.75) is 45.1 Å². The molecular formula is C24H26ClN3O5. The van der Waals surface area contributed by atoms with Gasteiger partial charge in [0.1, 0.15) is 5.75 Å². The number of unbranched alkanes of at least 4 members (excludes halogenated alkanes) is 1. The van der Waals surface area contributed by atoms with Gasteiger partial charge in [0.15, 0.2) is 5.78 Å². The fraction of sp³-hybridized carbons (Fsp3) is 0.375. The summed E-state index contributed by atoms with van der Waals surface area (Å²) in [6.07, 6.45) is 2.56. The number of hydrogen-bond acceptors (Lipinski definition) is 4. The predicted octanol–water partition coefficient (Wildman–Crippen LogP) is 4.21. The molecule has 0 fully saturated rings. The summed E-state index contributed by atoms with van der Waals surface area (Å²) in [4.78, 5) is 40.9. The van der Waals surface area contributed by atoms with Crippen molar-refractivity contribution in [3.63, 3.8) is 0 Å². The Kier molecular flexibility index (Phi) is 6.74. The first kappa shape index (κ1) is 22.9. The lowest BCUT2D eigenvalue weighted by Crippen LogP contribution is -2.32. The summed E-state index contributed by atoms with van der Waals surface area (Å²) in [7, 11) is 0. The van der Waals surface area contributed by atoms with E-state index >= 15 is 0 Å². The molecule has 33 heavy (non-hydrogen) atoms. The molecule has 1 amide bonds. The maximum absolute atomic E-state index is 12.9. The highest BCUT2D eigenvalue weighted by molar-refractivity contribution is 6.31. The number of aryl methyl sites for hydroxylation is 2. The van der Waals surface area contributed by atoms with Crippen molar-refractivity contribution >= 4 is 34.5 Å². The average Bonchev–Trinajstić information content (AvgIpc) is 3.12. The van der Waals surface area contributed by atoms with Gasteiger partial charge < -0.3 is 20.1 Å². The molecule has 0 saturated carbocycles. The Hall–Kier alpha value is -3.26. The molecule has 0 saturated heterocycles. The number of hydrogen-bond donors (Lipinski definition) is 3. The number of rotatable bonds is 9. The standard InChI is InChI=1S/C24H26ClN3O5/c25-19-14-17(29)8-6-15(19)10-13-27(24(32)33)11-2-1-5-20(30)18-9-7-16-4-3-12-28-22(16)21(18)26-23(28)31/h6-9,14,29H,1-5,10-13H2,(H,26,31)(H,32,33). The van der Waals surface area contributed by atoms with Crippen molar-refractivity contribution in [2.24, 2.45) is 0 Å². The van der Waals surface area contributed by atoms with Crippen LogP contribution in [0.5, 0.6) is 5.75 Å². The van der Waals surface area contributed by atoms with E-state index in [0.717, 1.165) is 29.5 Å². The molecule has 0 bridgehead atoms. The van der Waals surface area contributed by atoms with E-state index in [1.54, 1.807) is 16.7 Å². The van der Waals surface area contributed by atoms with E-state index in [1.807, 2.05) is 6.07 Å². The van der Waals surface area contributed by atoms with Crippen LogP contribution in [0.15, 0.2) is 35.1 Å². The quantitative estimate of drug-likeness (QED) is 0.319. The summed E-state index contributed by atoms with van der Waals surface area (Å²) in [5, 5.41) is 19.3. The molecule has 0 spiro atoms. The number of ketones is 1. The van der Waals surface area contributed by atoms with E-state index < -0.39 is 6.09 Å². The molecule has 0 aliphatic carbocycles. The zero-order chi connectivity index (χ0) is 23.5. The van der Waals surface area contributed by atoms with Crippen LogP contribution < -0.4 is 5.69 Å². The fourth-order valence-corrected chi connectivity index (χ4v) is 4.71. The number of aromatic hydroxyl groups is 1.